The summed E-state index contributed by atoms with van der Waals surface area (Å²) >= 11 is 0. The second-order valence-corrected chi connectivity index (χ2v) is 3.19. The summed E-state index contributed by atoms with van der Waals surface area (Å²) in [5.74, 6) is 0.134. The van der Waals surface area contributed by atoms with Gasteiger partial charge in [0.15, 0.2) is 0 Å². The Balaban J connectivity index is 2.28. The smallest absolute Gasteiger partial charge is 0.213 e. The first-order valence-corrected chi connectivity index (χ1v) is 5.23. The van der Waals surface area contributed by atoms with Crippen LogP contribution >= 0.6 is 0 Å². The molecule has 0 saturated carbocycles. The highest BCUT2D eigenvalue weighted by atomic mass is 19.1. The lowest BCUT2D eigenvalue weighted by Crippen LogP contribution is -2.27. The molecule has 1 rings (SSSR count). The van der Waals surface area contributed by atoms with Gasteiger partial charge in [0.25, 0.3) is 0 Å². The van der Waals surface area contributed by atoms with Crippen LogP contribution in [0.25, 0.3) is 0 Å². The Morgan fingerprint density at radius 3 is 2.60 bits per heavy atom. The number of rotatable bonds is 6. The average Bonchev–Trinajstić information content (AvgIpc) is 2.27. The fourth-order valence-electron chi connectivity index (χ4n) is 1.28. The van der Waals surface area contributed by atoms with Gasteiger partial charge in [0.2, 0.25) is 5.95 Å². The van der Waals surface area contributed by atoms with Crippen molar-refractivity contribution >= 4 is 0 Å². The van der Waals surface area contributed by atoms with Gasteiger partial charge in [0.05, 0.1) is 6.20 Å². The molecule has 4 heteroatoms. The molecule has 3 nitrogen and oxygen atoms in total. The first kappa shape index (κ1) is 11.9. The molecule has 1 aromatic heterocycles. The molecule has 0 bridgehead atoms. The minimum atomic E-state index is -0.480. The van der Waals surface area contributed by atoms with Crippen LogP contribution in [0.4, 0.5) is 4.39 Å². The molecule has 0 fully saturated rings. The van der Waals surface area contributed by atoms with Gasteiger partial charge in [-0.1, -0.05) is 13.8 Å². The third kappa shape index (κ3) is 4.25. The normalized spacial score (nSPS) is 10.7. The van der Waals surface area contributed by atoms with Crippen molar-refractivity contribution in [1.29, 1.82) is 0 Å². The number of halogens is 1. The summed E-state index contributed by atoms with van der Waals surface area (Å²) in [5.41, 5.74) is 0. The molecule has 1 aromatic rings. The lowest BCUT2D eigenvalue weighted by Gasteiger charge is -2.17. The van der Waals surface area contributed by atoms with Crippen LogP contribution in [0.3, 0.4) is 0 Å². The zero-order chi connectivity index (χ0) is 11.1. The largest absolute Gasteiger partial charge is 0.491 e. The van der Waals surface area contributed by atoms with Crippen molar-refractivity contribution in [3.63, 3.8) is 0 Å². The van der Waals surface area contributed by atoms with Crippen molar-refractivity contribution in [3.8, 4) is 5.75 Å². The molecule has 0 atom stereocenters. The number of aromatic nitrogens is 1. The van der Waals surface area contributed by atoms with E-state index >= 15 is 0 Å². The molecule has 15 heavy (non-hydrogen) atoms. The van der Waals surface area contributed by atoms with E-state index in [0.717, 1.165) is 19.6 Å². The van der Waals surface area contributed by atoms with E-state index < -0.39 is 5.95 Å². The zero-order valence-corrected chi connectivity index (χ0v) is 9.24. The Morgan fingerprint density at radius 1 is 1.33 bits per heavy atom. The summed E-state index contributed by atoms with van der Waals surface area (Å²) in [5, 5.41) is 0. The Bertz CT molecular complexity index is 272. The number of ether oxygens (including phenoxy) is 1. The van der Waals surface area contributed by atoms with Gasteiger partial charge in [-0.2, -0.15) is 4.39 Å². The van der Waals surface area contributed by atoms with E-state index in [9.17, 15) is 4.39 Å². The second-order valence-electron chi connectivity index (χ2n) is 3.19. The van der Waals surface area contributed by atoms with Gasteiger partial charge in [-0.15, -0.1) is 0 Å². The molecular formula is C11H17FN2O. The number of likely N-dealkylation sites (N-methyl/N-ethyl adjacent to an activating group) is 1. The first-order chi connectivity index (χ1) is 7.26. The lowest BCUT2D eigenvalue weighted by molar-refractivity contribution is 0.222. The quantitative estimate of drug-likeness (QED) is 0.674. The Morgan fingerprint density at radius 2 is 2.07 bits per heavy atom. The molecule has 0 unspecified atom stereocenters. The third-order valence-corrected chi connectivity index (χ3v) is 2.27. The van der Waals surface area contributed by atoms with Crippen LogP contribution in [-0.2, 0) is 0 Å². The second kappa shape index (κ2) is 6.35. The molecule has 0 aromatic carbocycles. The van der Waals surface area contributed by atoms with Gasteiger partial charge < -0.3 is 9.64 Å². The van der Waals surface area contributed by atoms with Crippen molar-refractivity contribution in [2.45, 2.75) is 13.8 Å². The van der Waals surface area contributed by atoms with E-state index in [1.807, 2.05) is 0 Å². The summed E-state index contributed by atoms with van der Waals surface area (Å²) in [6, 6.07) is 2.89. The fourth-order valence-corrected chi connectivity index (χ4v) is 1.28. The van der Waals surface area contributed by atoms with Gasteiger partial charge in [-0.3, -0.25) is 0 Å². The minimum Gasteiger partial charge on any atom is -0.491 e. The Hall–Kier alpha value is -1.16. The molecule has 84 valence electrons. The predicted molar refractivity (Wildman–Crippen MR) is 57.5 cm³/mol. The number of hydrogen-bond donors (Lipinski definition) is 0. The summed E-state index contributed by atoms with van der Waals surface area (Å²) in [6.45, 7) is 7.74. The summed E-state index contributed by atoms with van der Waals surface area (Å²) in [4.78, 5) is 5.77. The van der Waals surface area contributed by atoms with E-state index in [1.54, 1.807) is 6.07 Å². The Kier molecular flexibility index (Phi) is 5.04. The number of pyridine rings is 1. The molecule has 1 heterocycles. The maximum atomic E-state index is 12.5. The molecule has 0 aliphatic rings. The predicted octanol–water partition coefficient (Wildman–Crippen LogP) is 1.94. The van der Waals surface area contributed by atoms with Crippen molar-refractivity contribution in [3.05, 3.63) is 24.3 Å². The highest BCUT2D eigenvalue weighted by Gasteiger charge is 1.99. The molecule has 0 amide bonds. The van der Waals surface area contributed by atoms with E-state index in [0.29, 0.717) is 12.4 Å². The van der Waals surface area contributed by atoms with Crippen molar-refractivity contribution in [2.24, 2.45) is 0 Å². The molecule has 0 spiro atoms. The van der Waals surface area contributed by atoms with Crippen molar-refractivity contribution in [1.82, 2.24) is 9.88 Å². The maximum absolute atomic E-state index is 12.5. The fraction of sp³-hybridized carbons (Fsp3) is 0.545. The van der Waals surface area contributed by atoms with Crippen LogP contribution in [0.15, 0.2) is 18.3 Å². The van der Waals surface area contributed by atoms with Crippen LogP contribution in [0.1, 0.15) is 13.8 Å². The van der Waals surface area contributed by atoms with Gasteiger partial charge in [0, 0.05) is 6.54 Å². The monoisotopic (exact) mass is 212 g/mol. The van der Waals surface area contributed by atoms with Gasteiger partial charge >= 0.3 is 0 Å². The van der Waals surface area contributed by atoms with Crippen LogP contribution < -0.4 is 4.74 Å². The molecule has 0 saturated heterocycles. The molecule has 0 aliphatic heterocycles. The highest BCUT2D eigenvalue weighted by Crippen LogP contribution is 2.07. The summed E-state index contributed by atoms with van der Waals surface area (Å²) < 4.78 is 17.9. The SMILES string of the molecule is CCN(CC)CCOc1ccc(F)nc1. The van der Waals surface area contributed by atoms with Gasteiger partial charge in [-0.05, 0) is 25.2 Å². The van der Waals surface area contributed by atoms with Crippen LogP contribution in [0.5, 0.6) is 5.75 Å². The first-order valence-electron chi connectivity index (χ1n) is 5.23. The molecule has 0 aliphatic carbocycles. The topological polar surface area (TPSA) is 25.4 Å². The minimum absolute atomic E-state index is 0.480. The zero-order valence-electron chi connectivity index (χ0n) is 9.24. The van der Waals surface area contributed by atoms with Crippen LogP contribution in [0, 0.1) is 5.95 Å². The van der Waals surface area contributed by atoms with E-state index in [2.05, 4.69) is 23.7 Å². The van der Waals surface area contributed by atoms with Crippen molar-refractivity contribution < 1.29 is 9.13 Å². The highest BCUT2D eigenvalue weighted by molar-refractivity contribution is 5.15. The van der Waals surface area contributed by atoms with E-state index in [1.165, 1.54) is 12.3 Å². The molecule has 0 N–H and O–H groups in total. The lowest BCUT2D eigenvalue weighted by atomic mass is 10.4. The number of hydrogen-bond acceptors (Lipinski definition) is 3. The Labute approximate surface area is 89.9 Å². The average molecular weight is 212 g/mol. The van der Waals surface area contributed by atoms with E-state index in [-0.39, 0.29) is 0 Å². The summed E-state index contributed by atoms with van der Waals surface area (Å²) in [6.07, 6.45) is 1.40. The van der Waals surface area contributed by atoms with Gasteiger partial charge in [-0.25, -0.2) is 4.98 Å². The third-order valence-electron chi connectivity index (χ3n) is 2.27. The summed E-state index contributed by atoms with van der Waals surface area (Å²) in [7, 11) is 0. The van der Waals surface area contributed by atoms with Gasteiger partial charge in [0.1, 0.15) is 12.4 Å². The maximum Gasteiger partial charge on any atom is 0.213 e. The van der Waals surface area contributed by atoms with Crippen LogP contribution in [-0.4, -0.2) is 36.1 Å². The molecular weight excluding hydrogens is 195 g/mol. The standard InChI is InChI=1S/C11H17FN2O/c1-3-14(4-2)7-8-15-10-5-6-11(12)13-9-10/h5-6,9H,3-4,7-8H2,1-2H3. The van der Waals surface area contributed by atoms with E-state index in [4.69, 9.17) is 4.74 Å². The molecule has 0 radical (unpaired) electrons. The number of nitrogens with zero attached hydrogens (tertiary/aromatic N) is 2. The van der Waals surface area contributed by atoms with Crippen LogP contribution in [0.2, 0.25) is 0 Å². The van der Waals surface area contributed by atoms with Crippen molar-refractivity contribution in [2.75, 3.05) is 26.2 Å².